The van der Waals surface area contributed by atoms with Gasteiger partial charge in [0, 0.05) is 34.9 Å². The zero-order valence-corrected chi connectivity index (χ0v) is 10.6. The van der Waals surface area contributed by atoms with Crippen LogP contribution in [0.3, 0.4) is 0 Å². The molecule has 3 heteroatoms. The highest BCUT2D eigenvalue weighted by Crippen LogP contribution is 2.43. The number of rotatable bonds is 4. The van der Waals surface area contributed by atoms with Crippen molar-refractivity contribution in [1.82, 2.24) is 5.32 Å². The molecule has 1 saturated carbocycles. The van der Waals surface area contributed by atoms with Gasteiger partial charge in [0.25, 0.3) is 0 Å². The van der Waals surface area contributed by atoms with Crippen molar-refractivity contribution in [2.24, 2.45) is 5.41 Å². The van der Waals surface area contributed by atoms with E-state index in [0.29, 0.717) is 11.5 Å². The Labute approximate surface area is 95.7 Å². The van der Waals surface area contributed by atoms with Gasteiger partial charge in [0.05, 0.1) is 0 Å². The summed E-state index contributed by atoms with van der Waals surface area (Å²) in [6, 6.07) is 0.645. The van der Waals surface area contributed by atoms with Crippen LogP contribution in [0.15, 0.2) is 0 Å². The predicted molar refractivity (Wildman–Crippen MR) is 65.5 cm³/mol. The maximum Gasteiger partial charge on any atom is 0.0249 e. The summed E-state index contributed by atoms with van der Waals surface area (Å²) in [7, 11) is -0.515. The van der Waals surface area contributed by atoms with E-state index in [1.807, 2.05) is 0 Å². The lowest BCUT2D eigenvalue weighted by atomic mass is 9.67. The molecule has 1 saturated heterocycles. The highest BCUT2D eigenvalue weighted by molar-refractivity contribution is 7.85. The lowest BCUT2D eigenvalue weighted by Gasteiger charge is -2.42. The Hall–Kier alpha value is 0.110. The SMILES string of the molecule is CCC1(CNC2CCS(=O)CC2)CCC1. The Balaban J connectivity index is 1.71. The van der Waals surface area contributed by atoms with E-state index < -0.39 is 10.8 Å². The van der Waals surface area contributed by atoms with Gasteiger partial charge < -0.3 is 5.32 Å². The molecule has 15 heavy (non-hydrogen) atoms. The molecule has 0 aromatic carbocycles. The summed E-state index contributed by atoms with van der Waals surface area (Å²) in [6.07, 6.45) is 7.80. The van der Waals surface area contributed by atoms with E-state index >= 15 is 0 Å². The van der Waals surface area contributed by atoms with Crippen molar-refractivity contribution >= 4 is 10.8 Å². The van der Waals surface area contributed by atoms with Crippen LogP contribution in [0.5, 0.6) is 0 Å². The van der Waals surface area contributed by atoms with Gasteiger partial charge in [-0.2, -0.15) is 0 Å². The fourth-order valence-electron chi connectivity index (χ4n) is 2.69. The second-order valence-corrected chi connectivity index (χ2v) is 6.91. The molecule has 2 nitrogen and oxygen atoms in total. The summed E-state index contributed by atoms with van der Waals surface area (Å²) in [6.45, 7) is 3.51. The molecule has 0 spiro atoms. The van der Waals surface area contributed by atoms with Crippen molar-refractivity contribution in [1.29, 1.82) is 0 Å². The highest BCUT2D eigenvalue weighted by Gasteiger charge is 2.35. The molecule has 2 rings (SSSR count). The first-order valence-electron chi connectivity index (χ1n) is 6.32. The standard InChI is InChI=1S/C12H23NOS/c1-2-12(6-3-7-12)10-13-11-4-8-15(14)9-5-11/h11,13H,2-10H2,1H3. The normalized spacial score (nSPS) is 34.7. The second-order valence-electron chi connectivity index (χ2n) is 5.21. The first-order chi connectivity index (χ1) is 7.24. The lowest BCUT2D eigenvalue weighted by Crippen LogP contribution is -2.45. The smallest absolute Gasteiger partial charge is 0.0249 e. The van der Waals surface area contributed by atoms with Crippen LogP contribution < -0.4 is 5.32 Å². The van der Waals surface area contributed by atoms with Crippen molar-refractivity contribution in [3.8, 4) is 0 Å². The van der Waals surface area contributed by atoms with E-state index in [-0.39, 0.29) is 0 Å². The van der Waals surface area contributed by atoms with Gasteiger partial charge in [-0.1, -0.05) is 13.3 Å². The molecular formula is C12H23NOS. The highest BCUT2D eigenvalue weighted by atomic mass is 32.2. The van der Waals surface area contributed by atoms with Gasteiger partial charge in [-0.15, -0.1) is 0 Å². The molecule has 1 heterocycles. The summed E-state index contributed by atoms with van der Waals surface area (Å²) in [5.74, 6) is 1.83. The molecule has 0 aromatic rings. The van der Waals surface area contributed by atoms with Gasteiger partial charge >= 0.3 is 0 Å². The fourth-order valence-corrected chi connectivity index (χ4v) is 3.99. The molecule has 2 fully saturated rings. The summed E-state index contributed by atoms with van der Waals surface area (Å²) < 4.78 is 11.2. The van der Waals surface area contributed by atoms with Crippen molar-refractivity contribution in [2.75, 3.05) is 18.1 Å². The van der Waals surface area contributed by atoms with Crippen molar-refractivity contribution in [3.63, 3.8) is 0 Å². The average Bonchev–Trinajstić information content (AvgIpc) is 2.20. The van der Waals surface area contributed by atoms with Crippen LogP contribution in [-0.2, 0) is 10.8 Å². The third kappa shape index (κ3) is 2.82. The minimum absolute atomic E-state index is 0.515. The van der Waals surface area contributed by atoms with Crippen molar-refractivity contribution in [2.45, 2.75) is 51.5 Å². The Kier molecular flexibility index (Phi) is 3.83. The third-order valence-electron chi connectivity index (χ3n) is 4.32. The summed E-state index contributed by atoms with van der Waals surface area (Å²) in [5.41, 5.74) is 0.622. The van der Waals surface area contributed by atoms with Crippen LogP contribution >= 0.6 is 0 Å². The van der Waals surface area contributed by atoms with Crippen LogP contribution in [0.2, 0.25) is 0 Å². The first-order valence-corrected chi connectivity index (χ1v) is 7.81. The van der Waals surface area contributed by atoms with Gasteiger partial charge in [0.2, 0.25) is 0 Å². The van der Waals surface area contributed by atoms with Crippen molar-refractivity contribution < 1.29 is 4.21 Å². The second kappa shape index (κ2) is 4.96. The topological polar surface area (TPSA) is 29.1 Å². The van der Waals surface area contributed by atoms with Gasteiger partial charge in [0.1, 0.15) is 0 Å². The van der Waals surface area contributed by atoms with E-state index in [0.717, 1.165) is 24.3 Å². The van der Waals surface area contributed by atoms with E-state index in [9.17, 15) is 4.21 Å². The molecule has 0 unspecified atom stereocenters. The molecule has 0 radical (unpaired) electrons. The summed E-state index contributed by atoms with van der Waals surface area (Å²) >= 11 is 0. The van der Waals surface area contributed by atoms with Crippen LogP contribution in [-0.4, -0.2) is 28.3 Å². The van der Waals surface area contributed by atoms with Crippen LogP contribution in [0.1, 0.15) is 45.4 Å². The quantitative estimate of drug-likeness (QED) is 0.799. The Morgan fingerprint density at radius 3 is 2.47 bits per heavy atom. The third-order valence-corrected chi connectivity index (χ3v) is 5.70. The van der Waals surface area contributed by atoms with E-state index in [1.165, 1.54) is 32.2 Å². The van der Waals surface area contributed by atoms with Gasteiger partial charge in [-0.25, -0.2) is 0 Å². The zero-order valence-electron chi connectivity index (χ0n) is 9.76. The summed E-state index contributed by atoms with van der Waals surface area (Å²) in [5, 5.41) is 3.70. The van der Waals surface area contributed by atoms with Crippen LogP contribution in [0.25, 0.3) is 0 Å². The van der Waals surface area contributed by atoms with Gasteiger partial charge in [-0.05, 0) is 37.5 Å². The molecule has 0 atom stereocenters. The van der Waals surface area contributed by atoms with Gasteiger partial charge in [0.15, 0.2) is 0 Å². The first kappa shape index (κ1) is 11.6. The van der Waals surface area contributed by atoms with Crippen LogP contribution in [0.4, 0.5) is 0 Å². The van der Waals surface area contributed by atoms with Crippen molar-refractivity contribution in [3.05, 3.63) is 0 Å². The molecule has 0 bridgehead atoms. The molecule has 88 valence electrons. The largest absolute Gasteiger partial charge is 0.313 e. The average molecular weight is 229 g/mol. The molecular weight excluding hydrogens is 206 g/mol. The molecule has 1 N–H and O–H groups in total. The van der Waals surface area contributed by atoms with E-state index in [1.54, 1.807) is 0 Å². The Bertz CT molecular complexity index is 222. The summed E-state index contributed by atoms with van der Waals surface area (Å²) in [4.78, 5) is 0. The Morgan fingerprint density at radius 2 is 2.00 bits per heavy atom. The molecule has 1 aliphatic carbocycles. The van der Waals surface area contributed by atoms with E-state index in [2.05, 4.69) is 12.2 Å². The maximum atomic E-state index is 11.2. The molecule has 2 aliphatic rings. The number of hydrogen-bond acceptors (Lipinski definition) is 2. The Morgan fingerprint density at radius 1 is 1.33 bits per heavy atom. The minimum atomic E-state index is -0.515. The van der Waals surface area contributed by atoms with Crippen LogP contribution in [0, 0.1) is 5.41 Å². The predicted octanol–water partition coefficient (Wildman–Crippen LogP) is 2.07. The molecule has 0 aromatic heterocycles. The molecule has 0 amide bonds. The van der Waals surface area contributed by atoms with Gasteiger partial charge in [-0.3, -0.25) is 4.21 Å². The number of hydrogen-bond donors (Lipinski definition) is 1. The monoisotopic (exact) mass is 229 g/mol. The lowest BCUT2D eigenvalue weighted by molar-refractivity contribution is 0.118. The molecule has 1 aliphatic heterocycles. The number of nitrogens with one attached hydrogen (secondary N) is 1. The maximum absolute atomic E-state index is 11.2. The fraction of sp³-hybridized carbons (Fsp3) is 1.00. The zero-order chi connectivity index (χ0) is 10.7. The minimum Gasteiger partial charge on any atom is -0.313 e. The van der Waals surface area contributed by atoms with E-state index in [4.69, 9.17) is 0 Å².